The van der Waals surface area contributed by atoms with E-state index in [0.717, 1.165) is 11.4 Å². The molecule has 0 aliphatic carbocycles. The molecule has 0 aliphatic heterocycles. The molecule has 3 aromatic rings. The number of nitrogens with zero attached hydrogens (tertiary/aromatic N) is 5. The van der Waals surface area contributed by atoms with Gasteiger partial charge in [0.15, 0.2) is 10.8 Å². The molecule has 0 aromatic carbocycles. The highest BCUT2D eigenvalue weighted by Crippen LogP contribution is 2.12. The van der Waals surface area contributed by atoms with Crippen molar-refractivity contribution >= 4 is 15.8 Å². The lowest BCUT2D eigenvalue weighted by atomic mass is 10.4. The number of nitrogens with one attached hydrogen (secondary N) is 3. The molecule has 0 aliphatic rings. The van der Waals surface area contributed by atoms with Crippen LogP contribution in [0.4, 0.5) is 5.82 Å². The maximum Gasteiger partial charge on any atom is 0.257 e. The number of sulfonamides is 1. The highest BCUT2D eigenvalue weighted by molar-refractivity contribution is 7.89. The Bertz CT molecular complexity index is 949. The summed E-state index contributed by atoms with van der Waals surface area (Å²) >= 11 is 0. The van der Waals surface area contributed by atoms with Gasteiger partial charge in [-0.25, -0.2) is 32.8 Å². The van der Waals surface area contributed by atoms with Crippen molar-refractivity contribution in [2.24, 2.45) is 0 Å². The summed E-state index contributed by atoms with van der Waals surface area (Å²) in [6.45, 7) is 4.41. The molecule has 0 radical (unpaired) electrons. The molecule has 0 bridgehead atoms. The maximum absolute atomic E-state index is 11.9. The first-order chi connectivity index (χ1) is 12.0. The minimum Gasteiger partial charge on any atom is -0.369 e. The lowest BCUT2D eigenvalue weighted by Crippen LogP contribution is -2.29. The summed E-state index contributed by atoms with van der Waals surface area (Å²) in [7, 11) is -3.58. The predicted molar refractivity (Wildman–Crippen MR) is 90.9 cm³/mol. The Labute approximate surface area is 144 Å². The minimum absolute atomic E-state index is 0.0290. The van der Waals surface area contributed by atoms with Crippen molar-refractivity contribution in [1.29, 1.82) is 0 Å². The monoisotopic (exact) mass is 362 g/mol. The first-order valence-corrected chi connectivity index (χ1v) is 9.01. The van der Waals surface area contributed by atoms with E-state index in [9.17, 15) is 8.42 Å². The Morgan fingerprint density at radius 2 is 2.04 bits per heavy atom. The van der Waals surface area contributed by atoms with Gasteiger partial charge in [-0.3, -0.25) is 0 Å². The Balaban J connectivity index is 1.59. The SMILES string of the molecule is Cc1cc(C)n(-c2cc(NCCNS(=O)(=O)c3cnc[nH]3)ncn2)n1. The molecule has 11 heteroatoms. The van der Waals surface area contributed by atoms with Crippen LogP contribution in [0.3, 0.4) is 0 Å². The average Bonchev–Trinajstić information content (AvgIpc) is 3.22. The number of aryl methyl sites for hydroxylation is 2. The summed E-state index contributed by atoms with van der Waals surface area (Å²) in [5.41, 5.74) is 1.87. The lowest BCUT2D eigenvalue weighted by molar-refractivity contribution is 0.579. The fourth-order valence-corrected chi connectivity index (χ4v) is 3.20. The second kappa shape index (κ2) is 6.99. The van der Waals surface area contributed by atoms with Crippen molar-refractivity contribution in [2.75, 3.05) is 18.4 Å². The van der Waals surface area contributed by atoms with E-state index in [1.165, 1.54) is 18.9 Å². The Hall–Kier alpha value is -2.79. The summed E-state index contributed by atoms with van der Waals surface area (Å²) in [6, 6.07) is 3.71. The van der Waals surface area contributed by atoms with Crippen LogP contribution in [0.1, 0.15) is 11.4 Å². The molecule has 0 saturated carbocycles. The van der Waals surface area contributed by atoms with Crippen LogP contribution in [0, 0.1) is 13.8 Å². The predicted octanol–water partition coefficient (Wildman–Crippen LogP) is 0.393. The van der Waals surface area contributed by atoms with Gasteiger partial charge in [0.1, 0.15) is 12.1 Å². The fourth-order valence-electron chi connectivity index (χ4n) is 2.26. The van der Waals surface area contributed by atoms with Gasteiger partial charge in [0, 0.05) is 24.8 Å². The molecule has 3 rings (SSSR count). The molecule has 132 valence electrons. The molecule has 3 heterocycles. The maximum atomic E-state index is 11.9. The number of imidazole rings is 1. The van der Waals surface area contributed by atoms with Gasteiger partial charge in [-0.05, 0) is 19.9 Å². The van der Waals surface area contributed by atoms with E-state index < -0.39 is 10.0 Å². The number of H-pyrrole nitrogens is 1. The lowest BCUT2D eigenvalue weighted by Gasteiger charge is -2.08. The van der Waals surface area contributed by atoms with Crippen LogP contribution >= 0.6 is 0 Å². The van der Waals surface area contributed by atoms with Crippen LogP contribution in [0.2, 0.25) is 0 Å². The van der Waals surface area contributed by atoms with Gasteiger partial charge in [-0.1, -0.05) is 0 Å². The van der Waals surface area contributed by atoms with Gasteiger partial charge < -0.3 is 10.3 Å². The first-order valence-electron chi connectivity index (χ1n) is 7.53. The zero-order valence-electron chi connectivity index (χ0n) is 13.8. The van der Waals surface area contributed by atoms with Gasteiger partial charge in [-0.2, -0.15) is 5.10 Å². The molecule has 3 aromatic heterocycles. The van der Waals surface area contributed by atoms with Crippen molar-refractivity contribution in [3.8, 4) is 5.82 Å². The normalized spacial score (nSPS) is 11.6. The van der Waals surface area contributed by atoms with E-state index in [4.69, 9.17) is 0 Å². The highest BCUT2D eigenvalue weighted by Gasteiger charge is 2.14. The summed E-state index contributed by atoms with van der Waals surface area (Å²) in [4.78, 5) is 14.6. The van der Waals surface area contributed by atoms with Crippen molar-refractivity contribution in [3.05, 3.63) is 42.4 Å². The van der Waals surface area contributed by atoms with Crippen LogP contribution in [0.5, 0.6) is 0 Å². The smallest absolute Gasteiger partial charge is 0.257 e. The number of rotatable bonds is 7. The molecular weight excluding hydrogens is 344 g/mol. The van der Waals surface area contributed by atoms with Gasteiger partial charge in [-0.15, -0.1) is 0 Å². The fraction of sp³-hybridized carbons (Fsp3) is 0.286. The minimum atomic E-state index is -3.58. The van der Waals surface area contributed by atoms with E-state index >= 15 is 0 Å². The van der Waals surface area contributed by atoms with Crippen LogP contribution < -0.4 is 10.0 Å². The molecule has 10 nitrogen and oxygen atoms in total. The van der Waals surface area contributed by atoms with Crippen LogP contribution in [-0.2, 0) is 10.0 Å². The molecular formula is C14H18N8O2S. The van der Waals surface area contributed by atoms with Crippen molar-refractivity contribution in [2.45, 2.75) is 18.9 Å². The average molecular weight is 362 g/mol. The highest BCUT2D eigenvalue weighted by atomic mass is 32.2. The summed E-state index contributed by atoms with van der Waals surface area (Å²) < 4.78 is 28.1. The number of hydrogen-bond acceptors (Lipinski definition) is 7. The van der Waals surface area contributed by atoms with Crippen LogP contribution in [0.15, 0.2) is 36.0 Å². The topological polar surface area (TPSA) is 130 Å². The van der Waals surface area contributed by atoms with Crippen molar-refractivity contribution < 1.29 is 8.42 Å². The molecule has 0 amide bonds. The largest absolute Gasteiger partial charge is 0.369 e. The van der Waals surface area contributed by atoms with Gasteiger partial charge in [0.2, 0.25) is 0 Å². The summed E-state index contributed by atoms with van der Waals surface area (Å²) in [5, 5.41) is 7.46. The van der Waals surface area contributed by atoms with Gasteiger partial charge >= 0.3 is 0 Å². The van der Waals surface area contributed by atoms with Gasteiger partial charge in [0.05, 0.1) is 18.2 Å². The molecule has 3 N–H and O–H groups in total. The van der Waals surface area contributed by atoms with E-state index in [-0.39, 0.29) is 11.6 Å². The van der Waals surface area contributed by atoms with E-state index in [1.807, 2.05) is 19.9 Å². The second-order valence-electron chi connectivity index (χ2n) is 5.34. The summed E-state index contributed by atoms with van der Waals surface area (Å²) in [6.07, 6.45) is 4.00. The van der Waals surface area contributed by atoms with Crippen molar-refractivity contribution in [1.82, 2.24) is 34.4 Å². The second-order valence-corrected chi connectivity index (χ2v) is 7.08. The van der Waals surface area contributed by atoms with Crippen molar-refractivity contribution in [3.63, 3.8) is 0 Å². The first kappa shape index (κ1) is 17.0. The molecule has 25 heavy (non-hydrogen) atoms. The zero-order valence-corrected chi connectivity index (χ0v) is 14.6. The van der Waals surface area contributed by atoms with E-state index in [2.05, 4.69) is 35.1 Å². The molecule has 0 saturated heterocycles. The Kier molecular flexibility index (Phi) is 4.76. The van der Waals surface area contributed by atoms with Crippen LogP contribution in [-0.4, -0.2) is 51.2 Å². The standard InChI is InChI=1S/C14H18N8O2S/c1-10-5-11(2)22(21-10)13-6-12(17-9-18-13)16-3-4-20-25(23,24)14-7-15-8-19-14/h5-9,20H,3-4H2,1-2H3,(H,15,19)(H,16,17,18). The molecule has 0 atom stereocenters. The third kappa shape index (κ3) is 4.00. The summed E-state index contributed by atoms with van der Waals surface area (Å²) in [5.74, 6) is 1.22. The zero-order chi connectivity index (χ0) is 17.9. The molecule has 0 fully saturated rings. The Morgan fingerprint density at radius 3 is 2.72 bits per heavy atom. The molecule has 0 unspecified atom stereocenters. The quantitative estimate of drug-likeness (QED) is 0.518. The Morgan fingerprint density at radius 1 is 1.20 bits per heavy atom. The number of anilines is 1. The number of aromatic amines is 1. The van der Waals surface area contributed by atoms with Crippen LogP contribution in [0.25, 0.3) is 5.82 Å². The van der Waals surface area contributed by atoms with Gasteiger partial charge in [0.25, 0.3) is 10.0 Å². The third-order valence-electron chi connectivity index (χ3n) is 3.37. The number of hydrogen-bond donors (Lipinski definition) is 3. The number of aromatic nitrogens is 6. The molecule has 0 spiro atoms. The third-order valence-corrected chi connectivity index (χ3v) is 4.75. The van der Waals surface area contributed by atoms with E-state index in [1.54, 1.807) is 10.7 Å². The van der Waals surface area contributed by atoms with E-state index in [0.29, 0.717) is 18.2 Å².